The summed E-state index contributed by atoms with van der Waals surface area (Å²) in [6, 6.07) is 8.22. The number of aryl methyl sites for hydroxylation is 1. The Balaban J connectivity index is 2.04. The third-order valence-corrected chi connectivity index (χ3v) is 4.56. The van der Waals surface area contributed by atoms with E-state index in [0.29, 0.717) is 0 Å². The van der Waals surface area contributed by atoms with Crippen molar-refractivity contribution >= 4 is 28.2 Å². The number of carbonyl (C=O) groups excluding carboxylic acids is 1. The van der Waals surface area contributed by atoms with Crippen molar-refractivity contribution in [3.8, 4) is 0 Å². The predicted octanol–water partition coefficient (Wildman–Crippen LogP) is 3.14. The molecule has 0 aliphatic heterocycles. The largest absolute Gasteiger partial charge is 0.368 e. The molecule has 108 valence electrons. The predicted molar refractivity (Wildman–Crippen MR) is 85.2 cm³/mol. The van der Waals surface area contributed by atoms with Gasteiger partial charge in [0, 0.05) is 21.6 Å². The van der Waals surface area contributed by atoms with E-state index in [4.69, 9.17) is 5.73 Å². The van der Waals surface area contributed by atoms with Gasteiger partial charge in [0.2, 0.25) is 5.95 Å². The average molecular weight is 346 g/mol. The molecule has 0 bridgehead atoms. The van der Waals surface area contributed by atoms with Crippen molar-refractivity contribution in [2.45, 2.75) is 31.6 Å². The highest BCUT2D eigenvalue weighted by atomic mass is 79.9. The number of rotatable bonds is 2. The SMILES string of the molecule is Cc1nc(N)nc2c1C(C=O)CC(c1cccc(Br)c1)C2. The summed E-state index contributed by atoms with van der Waals surface area (Å²) in [5, 5.41) is 0. The van der Waals surface area contributed by atoms with E-state index in [1.54, 1.807) is 0 Å². The zero-order valence-corrected chi connectivity index (χ0v) is 13.3. The minimum Gasteiger partial charge on any atom is -0.368 e. The van der Waals surface area contributed by atoms with Crippen molar-refractivity contribution in [3.63, 3.8) is 0 Å². The second-order valence-electron chi connectivity index (χ2n) is 5.46. The molecule has 1 aromatic heterocycles. The first-order valence-corrected chi connectivity index (χ1v) is 7.71. The van der Waals surface area contributed by atoms with Gasteiger partial charge in [-0.2, -0.15) is 0 Å². The van der Waals surface area contributed by atoms with Crippen LogP contribution in [0.25, 0.3) is 0 Å². The Labute approximate surface area is 131 Å². The number of nitrogen functional groups attached to an aromatic ring is 1. The van der Waals surface area contributed by atoms with E-state index in [0.717, 1.165) is 40.6 Å². The number of anilines is 1. The van der Waals surface area contributed by atoms with E-state index in [1.165, 1.54) is 5.56 Å². The van der Waals surface area contributed by atoms with Crippen LogP contribution in [-0.2, 0) is 11.2 Å². The van der Waals surface area contributed by atoms with Gasteiger partial charge in [-0.05, 0) is 43.4 Å². The highest BCUT2D eigenvalue weighted by molar-refractivity contribution is 9.10. The fraction of sp³-hybridized carbons (Fsp3) is 0.312. The second kappa shape index (κ2) is 5.56. The molecule has 0 saturated carbocycles. The number of nitrogens with zero attached hydrogens (tertiary/aromatic N) is 2. The van der Waals surface area contributed by atoms with E-state index in [2.05, 4.69) is 38.0 Å². The Morgan fingerprint density at radius 3 is 2.90 bits per heavy atom. The highest BCUT2D eigenvalue weighted by Crippen LogP contribution is 2.39. The van der Waals surface area contributed by atoms with Gasteiger partial charge >= 0.3 is 0 Å². The summed E-state index contributed by atoms with van der Waals surface area (Å²) in [5.74, 6) is 0.406. The van der Waals surface area contributed by atoms with Crippen molar-refractivity contribution in [2.24, 2.45) is 0 Å². The van der Waals surface area contributed by atoms with Gasteiger partial charge in [-0.1, -0.05) is 28.1 Å². The summed E-state index contributed by atoms with van der Waals surface area (Å²) in [4.78, 5) is 20.1. The van der Waals surface area contributed by atoms with Crippen molar-refractivity contribution in [3.05, 3.63) is 51.3 Å². The third kappa shape index (κ3) is 2.70. The number of hydrogen-bond donors (Lipinski definition) is 1. The van der Waals surface area contributed by atoms with Crippen LogP contribution in [0, 0.1) is 6.92 Å². The van der Waals surface area contributed by atoms with Gasteiger partial charge in [0.05, 0.1) is 5.69 Å². The third-order valence-electron chi connectivity index (χ3n) is 4.07. The van der Waals surface area contributed by atoms with Gasteiger partial charge in [-0.3, -0.25) is 0 Å². The van der Waals surface area contributed by atoms with Crippen LogP contribution in [-0.4, -0.2) is 16.3 Å². The molecule has 0 fully saturated rings. The number of benzene rings is 1. The van der Waals surface area contributed by atoms with Crippen LogP contribution in [0.3, 0.4) is 0 Å². The lowest BCUT2D eigenvalue weighted by Gasteiger charge is -2.29. The van der Waals surface area contributed by atoms with Gasteiger partial charge in [-0.25, -0.2) is 9.97 Å². The van der Waals surface area contributed by atoms with Crippen LogP contribution in [0.5, 0.6) is 0 Å². The number of nitrogens with two attached hydrogens (primary N) is 1. The maximum absolute atomic E-state index is 11.5. The number of hydrogen-bond acceptors (Lipinski definition) is 4. The smallest absolute Gasteiger partial charge is 0.220 e. The summed E-state index contributed by atoms with van der Waals surface area (Å²) in [6.45, 7) is 1.90. The van der Waals surface area contributed by atoms with Gasteiger partial charge < -0.3 is 10.5 Å². The van der Waals surface area contributed by atoms with E-state index in [-0.39, 0.29) is 17.8 Å². The summed E-state index contributed by atoms with van der Waals surface area (Å²) in [6.07, 6.45) is 2.60. The first-order valence-electron chi connectivity index (χ1n) is 6.92. The first-order chi connectivity index (χ1) is 10.1. The van der Waals surface area contributed by atoms with Gasteiger partial charge in [-0.15, -0.1) is 0 Å². The fourth-order valence-electron chi connectivity index (χ4n) is 3.18. The molecular weight excluding hydrogens is 330 g/mol. The Hall–Kier alpha value is -1.75. The lowest BCUT2D eigenvalue weighted by molar-refractivity contribution is -0.109. The van der Waals surface area contributed by atoms with E-state index >= 15 is 0 Å². The summed E-state index contributed by atoms with van der Waals surface area (Å²) in [7, 11) is 0. The van der Waals surface area contributed by atoms with E-state index in [9.17, 15) is 4.79 Å². The molecule has 0 radical (unpaired) electrons. The van der Waals surface area contributed by atoms with Crippen molar-refractivity contribution in [2.75, 3.05) is 5.73 Å². The number of aromatic nitrogens is 2. The normalized spacial score (nSPS) is 20.9. The minimum absolute atomic E-state index is 0.154. The Morgan fingerprint density at radius 1 is 1.38 bits per heavy atom. The zero-order valence-electron chi connectivity index (χ0n) is 11.7. The van der Waals surface area contributed by atoms with Crippen LogP contribution in [0.1, 0.15) is 40.8 Å². The Kier molecular flexibility index (Phi) is 3.76. The van der Waals surface area contributed by atoms with Crippen LogP contribution >= 0.6 is 15.9 Å². The molecule has 0 amide bonds. The van der Waals surface area contributed by atoms with E-state index < -0.39 is 0 Å². The maximum Gasteiger partial charge on any atom is 0.220 e. The molecule has 2 N–H and O–H groups in total. The summed E-state index contributed by atoms with van der Waals surface area (Å²) in [5.41, 5.74) is 9.67. The van der Waals surface area contributed by atoms with Gasteiger partial charge in [0.15, 0.2) is 0 Å². The van der Waals surface area contributed by atoms with Crippen LogP contribution in [0.4, 0.5) is 5.95 Å². The molecule has 4 nitrogen and oxygen atoms in total. The lowest BCUT2D eigenvalue weighted by atomic mass is 9.76. The molecule has 1 heterocycles. The molecule has 3 rings (SSSR count). The second-order valence-corrected chi connectivity index (χ2v) is 6.38. The highest BCUT2D eigenvalue weighted by Gasteiger charge is 2.31. The Bertz CT molecular complexity index is 702. The molecular formula is C16H16BrN3O. The average Bonchev–Trinajstić information content (AvgIpc) is 2.45. The molecule has 2 aromatic rings. The fourth-order valence-corrected chi connectivity index (χ4v) is 3.60. The molecule has 0 spiro atoms. The van der Waals surface area contributed by atoms with E-state index in [1.807, 2.05) is 19.1 Å². The van der Waals surface area contributed by atoms with Gasteiger partial charge in [0.25, 0.3) is 0 Å². The summed E-state index contributed by atoms with van der Waals surface area (Å²) < 4.78 is 1.05. The molecule has 1 aromatic carbocycles. The number of aldehydes is 1. The molecule has 1 aliphatic carbocycles. The lowest BCUT2D eigenvalue weighted by Crippen LogP contribution is -2.22. The molecule has 5 heteroatoms. The van der Waals surface area contributed by atoms with Crippen LogP contribution in [0.15, 0.2) is 28.7 Å². The molecule has 0 saturated heterocycles. The van der Waals surface area contributed by atoms with Crippen molar-refractivity contribution < 1.29 is 4.79 Å². The maximum atomic E-state index is 11.5. The number of carbonyl (C=O) groups is 1. The summed E-state index contributed by atoms with van der Waals surface area (Å²) >= 11 is 3.50. The zero-order chi connectivity index (χ0) is 15.0. The monoisotopic (exact) mass is 345 g/mol. The topological polar surface area (TPSA) is 68.9 Å². The van der Waals surface area contributed by atoms with Crippen LogP contribution in [0.2, 0.25) is 0 Å². The molecule has 1 aliphatic rings. The van der Waals surface area contributed by atoms with Crippen molar-refractivity contribution in [1.29, 1.82) is 0 Å². The van der Waals surface area contributed by atoms with Gasteiger partial charge in [0.1, 0.15) is 6.29 Å². The van der Waals surface area contributed by atoms with Crippen LogP contribution < -0.4 is 5.73 Å². The number of fused-ring (bicyclic) bond motifs is 1. The quantitative estimate of drug-likeness (QED) is 0.849. The molecule has 21 heavy (non-hydrogen) atoms. The molecule has 2 unspecified atom stereocenters. The first kappa shape index (κ1) is 14.2. The Morgan fingerprint density at radius 2 is 2.19 bits per heavy atom. The standard InChI is InChI=1S/C16H16BrN3O/c1-9-15-12(8-21)5-11(7-14(15)20-16(18)19-9)10-3-2-4-13(17)6-10/h2-4,6,8,11-12H,5,7H2,1H3,(H2,18,19,20). The minimum atomic E-state index is -0.154. The van der Waals surface area contributed by atoms with Crippen molar-refractivity contribution in [1.82, 2.24) is 9.97 Å². The molecule has 2 atom stereocenters. The number of halogens is 1.